The molecule has 2 N–H and O–H groups in total. The molecule has 0 aliphatic carbocycles. The van der Waals surface area contributed by atoms with Crippen LogP contribution in [0.1, 0.15) is 38.1 Å². The van der Waals surface area contributed by atoms with E-state index in [2.05, 4.69) is 26.6 Å². The van der Waals surface area contributed by atoms with Crippen LogP contribution in [0.2, 0.25) is 5.02 Å². The first kappa shape index (κ1) is 17.0. The van der Waals surface area contributed by atoms with Crippen LogP contribution in [0, 0.1) is 0 Å². The zero-order valence-electron chi connectivity index (χ0n) is 11.9. The monoisotopic (exact) mass is 360 g/mol. The van der Waals surface area contributed by atoms with Gasteiger partial charge in [-0.25, -0.2) is 0 Å². The van der Waals surface area contributed by atoms with Crippen LogP contribution in [0.15, 0.2) is 22.7 Å². The van der Waals surface area contributed by atoms with Gasteiger partial charge >= 0.3 is 0 Å². The zero-order valence-corrected chi connectivity index (χ0v) is 14.2. The fraction of sp³-hybridized carbons (Fsp3) is 0.429. The summed E-state index contributed by atoms with van der Waals surface area (Å²) in [5.74, 6) is -0.572. The predicted molar refractivity (Wildman–Crippen MR) is 84.0 cm³/mol. The highest BCUT2D eigenvalue weighted by Crippen LogP contribution is 2.19. The Morgan fingerprint density at radius 1 is 1.25 bits per heavy atom. The minimum atomic E-state index is -0.625. The highest BCUT2D eigenvalue weighted by Gasteiger charge is 2.21. The van der Waals surface area contributed by atoms with Gasteiger partial charge in [0.2, 0.25) is 5.91 Å². The summed E-state index contributed by atoms with van der Waals surface area (Å²) in [4.78, 5) is 24.0. The number of amides is 2. The lowest BCUT2D eigenvalue weighted by atomic mass is 10.1. The van der Waals surface area contributed by atoms with Crippen molar-refractivity contribution >= 4 is 39.3 Å². The Hall–Kier alpha value is -1.07. The van der Waals surface area contributed by atoms with Crippen LogP contribution in [0.3, 0.4) is 0 Å². The van der Waals surface area contributed by atoms with Crippen LogP contribution in [0.4, 0.5) is 0 Å². The van der Waals surface area contributed by atoms with Gasteiger partial charge in [0.25, 0.3) is 5.91 Å². The Morgan fingerprint density at radius 2 is 1.85 bits per heavy atom. The largest absolute Gasteiger partial charge is 0.350 e. The van der Waals surface area contributed by atoms with Crippen molar-refractivity contribution in [3.8, 4) is 0 Å². The third kappa shape index (κ3) is 5.51. The molecule has 2 amide bonds. The fourth-order valence-corrected chi connectivity index (χ4v) is 2.37. The van der Waals surface area contributed by atoms with Gasteiger partial charge in [0.1, 0.15) is 6.04 Å². The van der Waals surface area contributed by atoms with E-state index >= 15 is 0 Å². The molecule has 1 rings (SSSR count). The van der Waals surface area contributed by atoms with Gasteiger partial charge in [-0.05, 0) is 45.9 Å². The second kappa shape index (κ2) is 6.59. The maximum absolute atomic E-state index is 12.1. The second-order valence-electron chi connectivity index (χ2n) is 5.59. The number of rotatable bonds is 3. The van der Waals surface area contributed by atoms with Crippen LogP contribution in [0.5, 0.6) is 0 Å². The van der Waals surface area contributed by atoms with Crippen molar-refractivity contribution in [2.45, 2.75) is 39.3 Å². The van der Waals surface area contributed by atoms with E-state index in [0.29, 0.717) is 15.1 Å². The van der Waals surface area contributed by atoms with Crippen molar-refractivity contribution in [3.63, 3.8) is 0 Å². The highest BCUT2D eigenvalue weighted by atomic mass is 79.9. The molecule has 1 aromatic rings. The lowest BCUT2D eigenvalue weighted by molar-refractivity contribution is -0.124. The Bertz CT molecular complexity index is 506. The quantitative estimate of drug-likeness (QED) is 0.869. The smallest absolute Gasteiger partial charge is 0.252 e. The molecule has 20 heavy (non-hydrogen) atoms. The molecular formula is C14H18BrClN2O2. The molecule has 0 saturated carbocycles. The zero-order chi connectivity index (χ0) is 15.5. The standard InChI is InChI=1S/C14H18BrClN2O2/c1-8(12(19)18-14(2,3)4)17-13(20)9-5-10(15)7-11(16)6-9/h5-8H,1-4H3,(H,17,20)(H,18,19). The summed E-state index contributed by atoms with van der Waals surface area (Å²) in [5.41, 5.74) is 0.0644. The Kier molecular flexibility index (Phi) is 5.59. The maximum atomic E-state index is 12.1. The van der Waals surface area contributed by atoms with E-state index in [1.807, 2.05) is 20.8 Å². The highest BCUT2D eigenvalue weighted by molar-refractivity contribution is 9.10. The summed E-state index contributed by atoms with van der Waals surface area (Å²) in [6, 6.07) is 4.26. The first-order valence-corrected chi connectivity index (χ1v) is 7.34. The summed E-state index contributed by atoms with van der Waals surface area (Å²) in [5, 5.41) is 5.91. The average Bonchev–Trinajstić information content (AvgIpc) is 2.25. The molecule has 0 spiro atoms. The van der Waals surface area contributed by atoms with Crippen LogP contribution >= 0.6 is 27.5 Å². The van der Waals surface area contributed by atoms with Crippen molar-refractivity contribution < 1.29 is 9.59 Å². The number of carbonyl (C=O) groups is 2. The molecular weight excluding hydrogens is 344 g/mol. The third-order valence-corrected chi connectivity index (χ3v) is 3.04. The molecule has 0 heterocycles. The molecule has 0 fully saturated rings. The second-order valence-corrected chi connectivity index (χ2v) is 6.94. The number of nitrogens with one attached hydrogen (secondary N) is 2. The minimum Gasteiger partial charge on any atom is -0.350 e. The predicted octanol–water partition coefficient (Wildman–Crippen LogP) is 3.14. The Morgan fingerprint density at radius 3 is 2.35 bits per heavy atom. The lowest BCUT2D eigenvalue weighted by Gasteiger charge is -2.23. The van der Waals surface area contributed by atoms with Gasteiger partial charge in [-0.15, -0.1) is 0 Å². The molecule has 0 aliphatic heterocycles. The minimum absolute atomic E-state index is 0.230. The van der Waals surface area contributed by atoms with Gasteiger partial charge in [-0.2, -0.15) is 0 Å². The molecule has 1 aromatic carbocycles. The average molecular weight is 362 g/mol. The number of benzene rings is 1. The van der Waals surface area contributed by atoms with E-state index in [9.17, 15) is 9.59 Å². The first-order valence-electron chi connectivity index (χ1n) is 6.17. The molecule has 6 heteroatoms. The van der Waals surface area contributed by atoms with Crippen molar-refractivity contribution in [2.24, 2.45) is 0 Å². The number of hydrogen-bond acceptors (Lipinski definition) is 2. The van der Waals surface area contributed by atoms with Gasteiger partial charge in [-0.3, -0.25) is 9.59 Å². The van der Waals surface area contributed by atoms with Gasteiger partial charge in [-0.1, -0.05) is 27.5 Å². The molecule has 0 bridgehead atoms. The van der Waals surface area contributed by atoms with Crippen LogP contribution in [-0.2, 0) is 4.79 Å². The SMILES string of the molecule is CC(NC(=O)c1cc(Cl)cc(Br)c1)C(=O)NC(C)(C)C. The number of halogens is 2. The van der Waals surface area contributed by atoms with Crippen LogP contribution < -0.4 is 10.6 Å². The van der Waals surface area contributed by atoms with Crippen molar-refractivity contribution in [2.75, 3.05) is 0 Å². The summed E-state index contributed by atoms with van der Waals surface area (Å²) < 4.78 is 0.710. The van der Waals surface area contributed by atoms with Crippen LogP contribution in [0.25, 0.3) is 0 Å². The van der Waals surface area contributed by atoms with E-state index in [4.69, 9.17) is 11.6 Å². The van der Waals surface area contributed by atoms with E-state index in [0.717, 1.165) is 0 Å². The third-order valence-electron chi connectivity index (χ3n) is 2.36. The van der Waals surface area contributed by atoms with Gasteiger partial charge in [0.05, 0.1) is 0 Å². The number of hydrogen-bond donors (Lipinski definition) is 2. The van der Waals surface area contributed by atoms with Gasteiger partial charge in [0.15, 0.2) is 0 Å². The topological polar surface area (TPSA) is 58.2 Å². The first-order chi connectivity index (χ1) is 9.08. The van der Waals surface area contributed by atoms with E-state index in [1.165, 1.54) is 0 Å². The summed E-state index contributed by atoms with van der Waals surface area (Å²) >= 11 is 9.16. The van der Waals surface area contributed by atoms with Gasteiger partial charge in [0, 0.05) is 20.6 Å². The van der Waals surface area contributed by atoms with Gasteiger partial charge < -0.3 is 10.6 Å². The molecule has 0 radical (unpaired) electrons. The Labute approximate surface area is 132 Å². The maximum Gasteiger partial charge on any atom is 0.252 e. The van der Waals surface area contributed by atoms with E-state index in [1.54, 1.807) is 25.1 Å². The molecule has 0 aromatic heterocycles. The summed E-state index contributed by atoms with van der Waals surface area (Å²) in [7, 11) is 0. The van der Waals surface area contributed by atoms with Crippen LogP contribution in [-0.4, -0.2) is 23.4 Å². The summed E-state index contributed by atoms with van der Waals surface area (Å²) in [6.07, 6.45) is 0. The van der Waals surface area contributed by atoms with Crippen molar-refractivity contribution in [1.82, 2.24) is 10.6 Å². The number of carbonyl (C=O) groups excluding carboxylic acids is 2. The lowest BCUT2D eigenvalue weighted by Crippen LogP contribution is -2.50. The van der Waals surface area contributed by atoms with Crippen molar-refractivity contribution in [3.05, 3.63) is 33.3 Å². The Balaban J connectivity index is 2.72. The van der Waals surface area contributed by atoms with E-state index in [-0.39, 0.29) is 17.4 Å². The fourth-order valence-electron chi connectivity index (χ4n) is 1.51. The van der Waals surface area contributed by atoms with E-state index < -0.39 is 6.04 Å². The molecule has 1 unspecified atom stereocenters. The molecule has 1 atom stereocenters. The molecule has 4 nitrogen and oxygen atoms in total. The molecule has 110 valence electrons. The summed E-state index contributed by atoms with van der Waals surface area (Å²) in [6.45, 7) is 7.28. The molecule has 0 saturated heterocycles. The molecule has 0 aliphatic rings. The van der Waals surface area contributed by atoms with Crippen molar-refractivity contribution in [1.29, 1.82) is 0 Å². The normalized spacial score (nSPS) is 12.7.